The summed E-state index contributed by atoms with van der Waals surface area (Å²) in [5, 5.41) is 2.07. The number of alkyl halides is 3. The van der Waals surface area contributed by atoms with Crippen LogP contribution in [-0.2, 0) is 0 Å². The second-order valence-electron chi connectivity index (χ2n) is 3.23. The number of rotatable bonds is 3. The van der Waals surface area contributed by atoms with E-state index in [2.05, 4.69) is 17.5 Å². The van der Waals surface area contributed by atoms with Crippen molar-refractivity contribution in [1.82, 2.24) is 0 Å². The van der Waals surface area contributed by atoms with E-state index in [9.17, 15) is 18.0 Å². The number of ketones is 1. The van der Waals surface area contributed by atoms with Gasteiger partial charge in [-0.2, -0.15) is 13.2 Å². The predicted octanol–water partition coefficient (Wildman–Crippen LogP) is 2.10. The summed E-state index contributed by atoms with van der Waals surface area (Å²) in [4.78, 5) is 11.2. The lowest BCUT2D eigenvalue weighted by atomic mass is 10.1. The Morgan fingerprint density at radius 1 is 1.44 bits per heavy atom. The van der Waals surface area contributed by atoms with Gasteiger partial charge in [0, 0.05) is 0 Å². The number of thiocarbonyl (C=S) groups is 1. The first-order valence-corrected chi connectivity index (χ1v) is 5.02. The van der Waals surface area contributed by atoms with Gasteiger partial charge < -0.3 is 15.8 Å². The molecule has 8 heteroatoms. The third-order valence-electron chi connectivity index (χ3n) is 1.99. The fraction of sp³-hybridized carbons (Fsp3) is 0.200. The highest BCUT2D eigenvalue weighted by atomic mass is 32.1. The maximum Gasteiger partial charge on any atom is 0.454 e. The Morgan fingerprint density at radius 3 is 2.50 bits per heavy atom. The largest absolute Gasteiger partial charge is 0.497 e. The number of ether oxygens (including phenoxy) is 1. The molecule has 1 aromatic rings. The normalized spacial score (nSPS) is 10.9. The molecular formula is C10H9F3N2O2S. The van der Waals surface area contributed by atoms with E-state index < -0.39 is 17.5 Å². The van der Waals surface area contributed by atoms with E-state index in [0.717, 1.165) is 6.07 Å². The number of benzene rings is 1. The number of hydrogen-bond donors (Lipinski definition) is 2. The molecule has 0 aliphatic heterocycles. The van der Waals surface area contributed by atoms with E-state index in [-0.39, 0.29) is 16.5 Å². The minimum atomic E-state index is -4.99. The van der Waals surface area contributed by atoms with Crippen molar-refractivity contribution < 1.29 is 22.7 Å². The molecule has 0 unspecified atom stereocenters. The standard InChI is InChI=1S/C10H9F3N2O2S/c1-17-5-2-3-7(15-9(14)18)6(4-5)8(16)10(11,12)13/h2-4H,1H3,(H3,14,15,18). The molecular weight excluding hydrogens is 269 g/mol. The number of methoxy groups -OCH3 is 1. The second-order valence-corrected chi connectivity index (χ2v) is 3.67. The highest BCUT2D eigenvalue weighted by molar-refractivity contribution is 7.80. The third kappa shape index (κ3) is 3.33. The van der Waals surface area contributed by atoms with Crippen LogP contribution in [0.25, 0.3) is 0 Å². The van der Waals surface area contributed by atoms with Gasteiger partial charge in [-0.15, -0.1) is 0 Å². The minimum Gasteiger partial charge on any atom is -0.497 e. The predicted molar refractivity (Wildman–Crippen MR) is 63.8 cm³/mol. The van der Waals surface area contributed by atoms with Gasteiger partial charge >= 0.3 is 6.18 Å². The highest BCUT2D eigenvalue weighted by Crippen LogP contribution is 2.29. The van der Waals surface area contributed by atoms with Gasteiger partial charge in [0.2, 0.25) is 0 Å². The molecule has 18 heavy (non-hydrogen) atoms. The lowest BCUT2D eigenvalue weighted by Gasteiger charge is -2.13. The van der Waals surface area contributed by atoms with E-state index in [0.29, 0.717) is 0 Å². The summed E-state index contributed by atoms with van der Waals surface area (Å²) < 4.78 is 42.0. The third-order valence-corrected chi connectivity index (χ3v) is 2.09. The summed E-state index contributed by atoms with van der Waals surface area (Å²) in [5.74, 6) is -1.88. The molecule has 0 amide bonds. The quantitative estimate of drug-likeness (QED) is 0.655. The van der Waals surface area contributed by atoms with Crippen LogP contribution < -0.4 is 15.8 Å². The van der Waals surface area contributed by atoms with Crippen molar-refractivity contribution in [3.63, 3.8) is 0 Å². The van der Waals surface area contributed by atoms with Gasteiger partial charge in [0.05, 0.1) is 18.4 Å². The molecule has 1 rings (SSSR count). The first kappa shape index (κ1) is 14.2. The average molecular weight is 278 g/mol. The topological polar surface area (TPSA) is 64.3 Å². The lowest BCUT2D eigenvalue weighted by Crippen LogP contribution is -2.26. The Kier molecular flexibility index (Phi) is 4.12. The summed E-state index contributed by atoms with van der Waals surface area (Å²) in [6.45, 7) is 0. The van der Waals surface area contributed by atoms with Gasteiger partial charge in [-0.1, -0.05) is 0 Å². The van der Waals surface area contributed by atoms with Crippen LogP contribution in [0.2, 0.25) is 0 Å². The van der Waals surface area contributed by atoms with Crippen molar-refractivity contribution in [1.29, 1.82) is 0 Å². The maximum absolute atomic E-state index is 12.4. The Morgan fingerprint density at radius 2 is 2.06 bits per heavy atom. The molecule has 0 heterocycles. The molecule has 98 valence electrons. The van der Waals surface area contributed by atoms with Crippen LogP contribution in [0.1, 0.15) is 10.4 Å². The molecule has 0 fully saturated rings. The van der Waals surface area contributed by atoms with Crippen LogP contribution >= 0.6 is 12.2 Å². The summed E-state index contributed by atoms with van der Waals surface area (Å²) in [6.07, 6.45) is -4.99. The fourth-order valence-electron chi connectivity index (χ4n) is 1.23. The molecule has 0 saturated carbocycles. The van der Waals surface area contributed by atoms with Crippen molar-refractivity contribution in [2.24, 2.45) is 5.73 Å². The number of anilines is 1. The monoisotopic (exact) mass is 278 g/mol. The first-order valence-electron chi connectivity index (χ1n) is 4.61. The van der Waals surface area contributed by atoms with Crippen LogP contribution in [0.15, 0.2) is 18.2 Å². The molecule has 0 saturated heterocycles. The van der Waals surface area contributed by atoms with Crippen molar-refractivity contribution in [3.8, 4) is 5.75 Å². The fourth-order valence-corrected chi connectivity index (χ4v) is 1.34. The van der Waals surface area contributed by atoms with Gasteiger partial charge in [0.25, 0.3) is 5.78 Å². The second kappa shape index (κ2) is 5.21. The van der Waals surface area contributed by atoms with Crippen LogP contribution in [0, 0.1) is 0 Å². The molecule has 0 spiro atoms. The maximum atomic E-state index is 12.4. The first-order chi connectivity index (χ1) is 8.25. The van der Waals surface area contributed by atoms with E-state index >= 15 is 0 Å². The Balaban J connectivity index is 3.28. The van der Waals surface area contributed by atoms with Gasteiger partial charge in [0.15, 0.2) is 5.11 Å². The zero-order valence-electron chi connectivity index (χ0n) is 9.17. The Labute approximate surface area is 106 Å². The van der Waals surface area contributed by atoms with Crippen LogP contribution in [0.3, 0.4) is 0 Å². The van der Waals surface area contributed by atoms with E-state index in [4.69, 9.17) is 10.5 Å². The minimum absolute atomic E-state index is 0.120. The van der Waals surface area contributed by atoms with Crippen molar-refractivity contribution in [3.05, 3.63) is 23.8 Å². The zero-order valence-corrected chi connectivity index (χ0v) is 9.98. The SMILES string of the molecule is COc1ccc(NC(N)=S)c(C(=O)C(F)(F)F)c1. The molecule has 0 aliphatic carbocycles. The van der Waals surface area contributed by atoms with Gasteiger partial charge in [-0.25, -0.2) is 0 Å². The van der Waals surface area contributed by atoms with Gasteiger partial charge in [0.1, 0.15) is 5.75 Å². The van der Waals surface area contributed by atoms with Crippen LogP contribution in [0.4, 0.5) is 18.9 Å². The molecule has 0 bridgehead atoms. The summed E-state index contributed by atoms with van der Waals surface area (Å²) >= 11 is 4.52. The van der Waals surface area contributed by atoms with Crippen LogP contribution in [-0.4, -0.2) is 24.2 Å². The average Bonchev–Trinajstić information content (AvgIpc) is 2.26. The number of hydrogen-bond acceptors (Lipinski definition) is 3. The number of nitrogens with one attached hydrogen (secondary N) is 1. The number of carbonyl (C=O) groups is 1. The highest BCUT2D eigenvalue weighted by Gasteiger charge is 2.40. The van der Waals surface area contributed by atoms with E-state index in [1.165, 1.54) is 19.2 Å². The molecule has 0 aliphatic rings. The number of nitrogens with two attached hydrogens (primary N) is 1. The van der Waals surface area contributed by atoms with E-state index in [1.807, 2.05) is 0 Å². The lowest BCUT2D eigenvalue weighted by molar-refractivity contribution is -0.0884. The summed E-state index contributed by atoms with van der Waals surface area (Å²) in [6, 6.07) is 3.58. The molecule has 0 atom stereocenters. The van der Waals surface area contributed by atoms with Crippen molar-refractivity contribution in [2.45, 2.75) is 6.18 Å². The van der Waals surface area contributed by atoms with Crippen LogP contribution in [0.5, 0.6) is 5.75 Å². The smallest absolute Gasteiger partial charge is 0.454 e. The molecule has 1 aromatic carbocycles. The van der Waals surface area contributed by atoms with E-state index in [1.54, 1.807) is 0 Å². The molecule has 0 radical (unpaired) electrons. The zero-order chi connectivity index (χ0) is 13.9. The summed E-state index contributed by atoms with van der Waals surface area (Å²) in [5.41, 5.74) is 4.45. The van der Waals surface area contributed by atoms with Crippen molar-refractivity contribution >= 4 is 28.8 Å². The number of carbonyl (C=O) groups excluding carboxylic acids is 1. The Hall–Kier alpha value is -1.83. The molecule has 3 N–H and O–H groups in total. The Bertz CT molecular complexity index is 489. The van der Waals surface area contributed by atoms with Gasteiger partial charge in [-0.3, -0.25) is 4.79 Å². The summed E-state index contributed by atoms with van der Waals surface area (Å²) in [7, 11) is 1.28. The molecule has 4 nitrogen and oxygen atoms in total. The number of halogens is 3. The van der Waals surface area contributed by atoms with Crippen molar-refractivity contribution in [2.75, 3.05) is 12.4 Å². The molecule has 0 aromatic heterocycles. The van der Waals surface area contributed by atoms with Gasteiger partial charge in [-0.05, 0) is 30.4 Å². The number of Topliss-reactive ketones (excluding diaryl/α,β-unsaturated/α-hetero) is 1.